The summed E-state index contributed by atoms with van der Waals surface area (Å²) in [5, 5.41) is 20.6. The largest absolute Gasteiger partial charge is 0.435 e. The van der Waals surface area contributed by atoms with Crippen LogP contribution in [0.3, 0.4) is 0 Å². The van der Waals surface area contributed by atoms with Crippen molar-refractivity contribution in [3.63, 3.8) is 0 Å². The van der Waals surface area contributed by atoms with Crippen LogP contribution < -0.4 is 5.32 Å². The maximum atomic E-state index is 12.6. The third kappa shape index (κ3) is 5.53. The minimum absolute atomic E-state index is 0.0820. The summed E-state index contributed by atoms with van der Waals surface area (Å²) in [5.74, 6) is -0.554. The molecule has 0 bridgehead atoms. The van der Waals surface area contributed by atoms with Gasteiger partial charge in [0.2, 0.25) is 5.91 Å². The van der Waals surface area contributed by atoms with E-state index < -0.39 is 16.8 Å². The minimum atomic E-state index is -4.48. The van der Waals surface area contributed by atoms with E-state index in [9.17, 15) is 28.1 Å². The molecule has 148 valence electrons. The van der Waals surface area contributed by atoms with Crippen LogP contribution in [0.1, 0.15) is 29.9 Å². The summed E-state index contributed by atoms with van der Waals surface area (Å²) in [7, 11) is 0. The maximum absolute atomic E-state index is 12.6. The first-order chi connectivity index (χ1) is 12.6. The Morgan fingerprint density at radius 3 is 2.37 bits per heavy atom. The molecule has 27 heavy (non-hydrogen) atoms. The number of carbonyl (C=O) groups is 1. The average molecular weight is 388 g/mol. The van der Waals surface area contributed by atoms with Crippen molar-refractivity contribution < 1.29 is 22.9 Å². The van der Waals surface area contributed by atoms with E-state index in [1.165, 1.54) is 22.4 Å². The molecule has 2 rings (SSSR count). The monoisotopic (exact) mass is 388 g/mol. The molecule has 0 saturated carbocycles. The number of aryl methyl sites for hydroxylation is 4. The van der Waals surface area contributed by atoms with Crippen LogP contribution in [-0.4, -0.2) is 36.9 Å². The number of hydrogen-bond donors (Lipinski definition) is 1. The van der Waals surface area contributed by atoms with Gasteiger partial charge in [-0.25, -0.2) is 0 Å². The zero-order valence-corrected chi connectivity index (χ0v) is 14.8. The lowest BCUT2D eigenvalue weighted by molar-refractivity contribution is -0.389. The number of amides is 1. The first-order valence-electron chi connectivity index (χ1n) is 8.15. The fourth-order valence-corrected chi connectivity index (χ4v) is 2.44. The summed E-state index contributed by atoms with van der Waals surface area (Å²) in [6, 6.07) is 2.30. The first-order valence-corrected chi connectivity index (χ1v) is 8.15. The molecule has 1 amide bonds. The van der Waals surface area contributed by atoms with E-state index in [1.807, 2.05) is 0 Å². The Labute approximate surface area is 152 Å². The van der Waals surface area contributed by atoms with Crippen molar-refractivity contribution in [2.24, 2.45) is 0 Å². The van der Waals surface area contributed by atoms with Crippen LogP contribution in [0.15, 0.2) is 12.1 Å². The summed E-state index contributed by atoms with van der Waals surface area (Å²) in [6.45, 7) is 3.90. The smallest absolute Gasteiger partial charge is 0.358 e. The second kappa shape index (κ2) is 8.18. The van der Waals surface area contributed by atoms with Crippen molar-refractivity contribution in [2.75, 3.05) is 6.54 Å². The Hall–Kier alpha value is -2.92. The first kappa shape index (κ1) is 20.4. The van der Waals surface area contributed by atoms with Gasteiger partial charge in [-0.1, -0.05) is 0 Å². The highest BCUT2D eigenvalue weighted by Gasteiger charge is 2.34. The molecule has 1 N–H and O–H groups in total. The second-order valence-corrected chi connectivity index (χ2v) is 5.97. The number of halogens is 3. The van der Waals surface area contributed by atoms with Crippen molar-refractivity contribution in [1.29, 1.82) is 0 Å². The highest BCUT2D eigenvalue weighted by Crippen LogP contribution is 2.28. The molecule has 0 aliphatic heterocycles. The number of aromatic nitrogens is 4. The fraction of sp³-hybridized carbons (Fsp3) is 0.533. The molecule has 2 aromatic heterocycles. The van der Waals surface area contributed by atoms with Gasteiger partial charge in [0.05, 0.1) is 23.4 Å². The predicted octanol–water partition coefficient (Wildman–Crippen LogP) is 2.22. The van der Waals surface area contributed by atoms with Crippen molar-refractivity contribution in [3.8, 4) is 0 Å². The number of alkyl halides is 3. The van der Waals surface area contributed by atoms with Crippen LogP contribution in [0.2, 0.25) is 0 Å². The average Bonchev–Trinajstić information content (AvgIpc) is 3.12. The third-order valence-corrected chi connectivity index (χ3v) is 3.85. The Bertz CT molecular complexity index is 827. The Kier molecular flexibility index (Phi) is 6.18. The number of carbonyl (C=O) groups excluding carboxylic acids is 1. The number of rotatable bonds is 8. The lowest BCUT2D eigenvalue weighted by atomic mass is 10.3. The normalized spacial score (nSPS) is 11.6. The van der Waals surface area contributed by atoms with Gasteiger partial charge in [0, 0.05) is 25.2 Å². The molecular formula is C15H19F3N6O3. The quantitative estimate of drug-likeness (QED) is 0.424. The molecule has 0 saturated heterocycles. The van der Waals surface area contributed by atoms with Gasteiger partial charge in [-0.2, -0.15) is 23.0 Å². The topological polar surface area (TPSA) is 108 Å². The molecule has 0 aliphatic carbocycles. The van der Waals surface area contributed by atoms with E-state index in [0.717, 1.165) is 6.07 Å². The van der Waals surface area contributed by atoms with Crippen LogP contribution in [0.5, 0.6) is 0 Å². The molecule has 0 atom stereocenters. The predicted molar refractivity (Wildman–Crippen MR) is 87.8 cm³/mol. The van der Waals surface area contributed by atoms with Crippen LogP contribution in [0.25, 0.3) is 0 Å². The lowest BCUT2D eigenvalue weighted by Gasteiger charge is -2.07. The molecule has 2 heterocycles. The van der Waals surface area contributed by atoms with Crippen LogP contribution in [0.4, 0.5) is 19.0 Å². The summed E-state index contributed by atoms with van der Waals surface area (Å²) < 4.78 is 40.4. The molecule has 0 fully saturated rings. The molecule has 0 aromatic carbocycles. The summed E-state index contributed by atoms with van der Waals surface area (Å²) in [6.07, 6.45) is -3.99. The second-order valence-electron chi connectivity index (χ2n) is 5.97. The molecule has 9 nitrogen and oxygen atoms in total. The molecule has 0 spiro atoms. The molecular weight excluding hydrogens is 369 g/mol. The van der Waals surface area contributed by atoms with Gasteiger partial charge in [0.1, 0.15) is 0 Å². The highest BCUT2D eigenvalue weighted by molar-refractivity contribution is 5.75. The van der Waals surface area contributed by atoms with Crippen molar-refractivity contribution in [2.45, 2.75) is 46.0 Å². The molecule has 12 heteroatoms. The Balaban J connectivity index is 1.74. The van der Waals surface area contributed by atoms with Gasteiger partial charge in [-0.05, 0) is 31.3 Å². The van der Waals surface area contributed by atoms with Gasteiger partial charge in [-0.15, -0.1) is 0 Å². The van der Waals surface area contributed by atoms with E-state index in [0.29, 0.717) is 17.8 Å². The van der Waals surface area contributed by atoms with E-state index >= 15 is 0 Å². The molecule has 0 unspecified atom stereocenters. The standard InChI is InChI=1S/C15H19F3N6O3/c1-10-8-12(15(16,17)18)20-22(10)6-3-5-19-14(25)4-7-23-11(2)9-13(21-23)24(26)27/h8-9H,3-7H2,1-2H3,(H,19,25). The van der Waals surface area contributed by atoms with E-state index in [-0.39, 0.29) is 37.8 Å². The van der Waals surface area contributed by atoms with Crippen molar-refractivity contribution in [3.05, 3.63) is 39.3 Å². The number of nitrogens with one attached hydrogen (secondary N) is 1. The van der Waals surface area contributed by atoms with E-state index in [4.69, 9.17) is 0 Å². The highest BCUT2D eigenvalue weighted by atomic mass is 19.4. The summed E-state index contributed by atoms with van der Waals surface area (Å²) >= 11 is 0. The molecule has 0 radical (unpaired) electrons. The lowest BCUT2D eigenvalue weighted by Crippen LogP contribution is -2.26. The fourth-order valence-electron chi connectivity index (χ4n) is 2.44. The van der Waals surface area contributed by atoms with Gasteiger partial charge in [0.25, 0.3) is 0 Å². The van der Waals surface area contributed by atoms with Crippen molar-refractivity contribution >= 4 is 11.7 Å². The van der Waals surface area contributed by atoms with E-state index in [1.54, 1.807) is 6.92 Å². The SMILES string of the molecule is Cc1cc([N+](=O)[O-])nn1CCC(=O)NCCCn1nc(C(F)(F)F)cc1C. The Morgan fingerprint density at radius 1 is 1.19 bits per heavy atom. The van der Waals surface area contributed by atoms with Gasteiger partial charge in [0.15, 0.2) is 5.69 Å². The van der Waals surface area contributed by atoms with Gasteiger partial charge in [-0.3, -0.25) is 9.48 Å². The van der Waals surface area contributed by atoms with Crippen molar-refractivity contribution in [1.82, 2.24) is 24.9 Å². The van der Waals surface area contributed by atoms with Crippen LogP contribution in [-0.2, 0) is 24.1 Å². The molecule has 2 aromatic rings. The van der Waals surface area contributed by atoms with E-state index in [2.05, 4.69) is 15.5 Å². The Morgan fingerprint density at radius 2 is 1.81 bits per heavy atom. The third-order valence-electron chi connectivity index (χ3n) is 3.85. The van der Waals surface area contributed by atoms with Crippen LogP contribution in [0, 0.1) is 24.0 Å². The maximum Gasteiger partial charge on any atom is 0.435 e. The zero-order valence-electron chi connectivity index (χ0n) is 14.8. The zero-order chi connectivity index (χ0) is 20.2. The van der Waals surface area contributed by atoms with Gasteiger partial charge >= 0.3 is 12.0 Å². The van der Waals surface area contributed by atoms with Crippen LogP contribution >= 0.6 is 0 Å². The number of nitro groups is 1. The van der Waals surface area contributed by atoms with Gasteiger partial charge < -0.3 is 15.4 Å². The minimum Gasteiger partial charge on any atom is -0.358 e. The number of nitrogens with zero attached hydrogens (tertiary/aromatic N) is 5. The summed E-state index contributed by atoms with van der Waals surface area (Å²) in [5.41, 5.74) is 0.0289. The summed E-state index contributed by atoms with van der Waals surface area (Å²) in [4.78, 5) is 21.9. The molecule has 0 aliphatic rings. The number of hydrogen-bond acceptors (Lipinski definition) is 5.